The van der Waals surface area contributed by atoms with E-state index in [1.165, 1.54) is 71.6 Å². The average Bonchev–Trinajstić information content (AvgIpc) is 3.03. The fraction of sp³-hybridized carbons (Fsp3) is 0.444. The van der Waals surface area contributed by atoms with E-state index in [2.05, 4.69) is 82.3 Å². The molecule has 0 nitrogen and oxygen atoms in total. The molecule has 0 atom stereocenters. The van der Waals surface area contributed by atoms with Gasteiger partial charge in [-0.25, -0.2) is 0 Å². The number of fused-ring (bicyclic) bond motifs is 1. The van der Waals surface area contributed by atoms with Crippen molar-refractivity contribution in [3.05, 3.63) is 65.7 Å². The van der Waals surface area contributed by atoms with Crippen LogP contribution in [0.4, 0.5) is 0 Å². The van der Waals surface area contributed by atoms with Gasteiger partial charge in [0, 0.05) is 26.2 Å². The van der Waals surface area contributed by atoms with Gasteiger partial charge in [0.15, 0.2) is 0 Å². The summed E-state index contributed by atoms with van der Waals surface area (Å²) in [4.78, 5) is 0. The molecule has 3 aromatic carbocycles. The fourth-order valence-electron chi connectivity index (χ4n) is 4.88. The maximum Gasteiger partial charge on any atom is 0 e. The molecule has 0 spiro atoms. The van der Waals surface area contributed by atoms with E-state index in [1.807, 2.05) is 0 Å². The van der Waals surface area contributed by atoms with Crippen LogP contribution in [0.2, 0.25) is 0 Å². The average molecular weight is 449 g/mol. The van der Waals surface area contributed by atoms with Gasteiger partial charge in [-0.3, -0.25) is 0 Å². The predicted molar refractivity (Wildman–Crippen MR) is 119 cm³/mol. The van der Waals surface area contributed by atoms with Crippen molar-refractivity contribution in [3.8, 4) is 11.1 Å². The molecule has 3 aromatic rings. The van der Waals surface area contributed by atoms with Crippen LogP contribution in [0.15, 0.2) is 54.6 Å². The largest absolute Gasteiger partial charge is 0.164 e. The van der Waals surface area contributed by atoms with Crippen LogP contribution in [0.3, 0.4) is 0 Å². The summed E-state index contributed by atoms with van der Waals surface area (Å²) in [6, 6.07) is 20.8. The molecule has 0 N–H and O–H groups in total. The van der Waals surface area contributed by atoms with E-state index in [4.69, 9.17) is 0 Å². The van der Waals surface area contributed by atoms with Crippen molar-refractivity contribution in [2.75, 3.05) is 0 Å². The second-order valence-electron chi connectivity index (χ2n) is 10.0. The Labute approximate surface area is 190 Å². The quantitative estimate of drug-likeness (QED) is 0.356. The van der Waals surface area contributed by atoms with Gasteiger partial charge < -0.3 is 0 Å². The maximum atomic E-state index is 2.50. The zero-order valence-corrected chi connectivity index (χ0v) is 20.4. The standard InChI is InChI=1S/C27H33.Zr/c1-26(2,3)23-13-11-21(12-14-23)24-10-8-9-22-17-20(18-25(22)24)19-27(4)15-6-5-7-16-27;/h8-14,17-18H,5-7,15-16,19H2,1-4H3;/q-1;. The van der Waals surface area contributed by atoms with Crippen LogP contribution in [0.5, 0.6) is 0 Å². The van der Waals surface area contributed by atoms with Gasteiger partial charge in [-0.15, -0.1) is 34.5 Å². The van der Waals surface area contributed by atoms with Gasteiger partial charge in [0.1, 0.15) is 0 Å². The summed E-state index contributed by atoms with van der Waals surface area (Å²) >= 11 is 0. The topological polar surface area (TPSA) is 0 Å². The van der Waals surface area contributed by atoms with Gasteiger partial charge >= 0.3 is 0 Å². The van der Waals surface area contributed by atoms with Crippen LogP contribution < -0.4 is 0 Å². The molecule has 146 valence electrons. The number of hydrogen-bond acceptors (Lipinski definition) is 0. The summed E-state index contributed by atoms with van der Waals surface area (Å²) < 4.78 is 0. The van der Waals surface area contributed by atoms with Crippen LogP contribution in [0.1, 0.15) is 70.9 Å². The van der Waals surface area contributed by atoms with Crippen molar-refractivity contribution < 1.29 is 26.2 Å². The first-order chi connectivity index (χ1) is 12.8. The summed E-state index contributed by atoms with van der Waals surface area (Å²) in [6.45, 7) is 9.32. The van der Waals surface area contributed by atoms with E-state index in [9.17, 15) is 0 Å². The molecule has 0 amide bonds. The summed E-state index contributed by atoms with van der Waals surface area (Å²) in [7, 11) is 0. The predicted octanol–water partition coefficient (Wildman–Crippen LogP) is 8.03. The summed E-state index contributed by atoms with van der Waals surface area (Å²) in [5.41, 5.74) is 6.31. The Morgan fingerprint density at radius 3 is 2.25 bits per heavy atom. The molecule has 4 rings (SSSR count). The SMILES string of the molecule is CC1(Cc2cc3c(-c4ccc(C(C)(C)C)cc4)cccc3[cH-]2)CCCCC1.[Zr]. The Balaban J connectivity index is 0.00000225. The van der Waals surface area contributed by atoms with Gasteiger partial charge in [0.05, 0.1) is 0 Å². The van der Waals surface area contributed by atoms with E-state index in [0.717, 1.165) is 0 Å². The Bertz CT molecular complexity index is 915. The third kappa shape index (κ3) is 4.56. The van der Waals surface area contributed by atoms with Crippen LogP contribution in [0.25, 0.3) is 21.9 Å². The summed E-state index contributed by atoms with van der Waals surface area (Å²) in [5, 5.41) is 2.80. The molecule has 0 unspecified atom stereocenters. The first-order valence-corrected chi connectivity index (χ1v) is 10.6. The summed E-state index contributed by atoms with van der Waals surface area (Å²) in [6.07, 6.45) is 8.23. The Kier molecular flexibility index (Phi) is 6.45. The van der Waals surface area contributed by atoms with E-state index in [-0.39, 0.29) is 31.6 Å². The molecule has 1 aliphatic rings. The zero-order valence-electron chi connectivity index (χ0n) is 17.9. The number of rotatable bonds is 3. The van der Waals surface area contributed by atoms with Crippen molar-refractivity contribution in [2.24, 2.45) is 5.41 Å². The molecule has 0 aromatic heterocycles. The van der Waals surface area contributed by atoms with Crippen molar-refractivity contribution in [1.29, 1.82) is 0 Å². The van der Waals surface area contributed by atoms with Gasteiger partial charge in [0.2, 0.25) is 0 Å². The third-order valence-corrected chi connectivity index (χ3v) is 6.56. The van der Waals surface area contributed by atoms with Gasteiger partial charge in [-0.2, -0.15) is 6.07 Å². The van der Waals surface area contributed by atoms with Crippen LogP contribution in [0, 0.1) is 5.41 Å². The maximum absolute atomic E-state index is 2.50. The van der Waals surface area contributed by atoms with E-state index in [1.54, 1.807) is 0 Å². The molecule has 1 fully saturated rings. The minimum atomic E-state index is 0. The smallest absolute Gasteiger partial charge is 0 e. The molecule has 1 heteroatoms. The van der Waals surface area contributed by atoms with E-state index in [0.29, 0.717) is 5.41 Å². The van der Waals surface area contributed by atoms with Crippen molar-refractivity contribution in [1.82, 2.24) is 0 Å². The molecule has 1 saturated carbocycles. The minimum absolute atomic E-state index is 0. The molecule has 0 saturated heterocycles. The molecule has 0 radical (unpaired) electrons. The molecule has 28 heavy (non-hydrogen) atoms. The van der Waals surface area contributed by atoms with Gasteiger partial charge in [-0.1, -0.05) is 82.9 Å². The summed E-state index contributed by atoms with van der Waals surface area (Å²) in [5.74, 6) is 0. The molecule has 0 aliphatic heterocycles. The number of hydrogen-bond donors (Lipinski definition) is 0. The Morgan fingerprint density at radius 2 is 1.61 bits per heavy atom. The van der Waals surface area contributed by atoms with E-state index < -0.39 is 0 Å². The first-order valence-electron chi connectivity index (χ1n) is 10.6. The van der Waals surface area contributed by atoms with Gasteiger partial charge in [-0.05, 0) is 41.2 Å². The molecular formula is C27H33Zr-. The molecule has 0 bridgehead atoms. The first kappa shape index (κ1) is 21.6. The molecule has 1 aliphatic carbocycles. The van der Waals surface area contributed by atoms with Crippen LogP contribution >= 0.6 is 0 Å². The second-order valence-corrected chi connectivity index (χ2v) is 10.0. The van der Waals surface area contributed by atoms with Crippen molar-refractivity contribution >= 4 is 10.8 Å². The van der Waals surface area contributed by atoms with Gasteiger partial charge in [0.25, 0.3) is 0 Å². The Hall–Kier alpha value is -1.07. The van der Waals surface area contributed by atoms with Crippen molar-refractivity contribution in [3.63, 3.8) is 0 Å². The monoisotopic (exact) mass is 447 g/mol. The molecule has 0 heterocycles. The second kappa shape index (κ2) is 8.35. The van der Waals surface area contributed by atoms with E-state index >= 15 is 0 Å². The van der Waals surface area contributed by atoms with Crippen LogP contribution in [-0.4, -0.2) is 0 Å². The number of benzene rings is 2. The normalized spacial score (nSPS) is 16.7. The fourth-order valence-corrected chi connectivity index (χ4v) is 4.88. The zero-order chi connectivity index (χ0) is 19.1. The van der Waals surface area contributed by atoms with Crippen LogP contribution in [-0.2, 0) is 38.0 Å². The molecular weight excluding hydrogens is 416 g/mol. The third-order valence-electron chi connectivity index (χ3n) is 6.56. The minimum Gasteiger partial charge on any atom is -0.164 e. The van der Waals surface area contributed by atoms with Crippen molar-refractivity contribution in [2.45, 2.75) is 71.6 Å². The Morgan fingerprint density at radius 1 is 0.929 bits per heavy atom.